The fourth-order valence-corrected chi connectivity index (χ4v) is 4.23. The molecule has 0 saturated heterocycles. The lowest BCUT2D eigenvalue weighted by Gasteiger charge is -2.20. The number of halogens is 1. The van der Waals surface area contributed by atoms with Gasteiger partial charge in [0.1, 0.15) is 26.4 Å². The number of ether oxygens (including phenoxy) is 3. The molecule has 7 heteroatoms. The number of nitrogens with zero attached hydrogens (tertiary/aromatic N) is 1. The lowest BCUT2D eigenvalue weighted by molar-refractivity contribution is -0.145. The first-order valence-corrected chi connectivity index (χ1v) is 10.6. The Bertz CT molecular complexity index is 1320. The summed E-state index contributed by atoms with van der Waals surface area (Å²) in [7, 11) is 0. The number of para-hydroxylation sites is 2. The van der Waals surface area contributed by atoms with Gasteiger partial charge in [-0.05, 0) is 36.4 Å². The van der Waals surface area contributed by atoms with Crippen molar-refractivity contribution in [3.8, 4) is 11.5 Å². The Morgan fingerprint density at radius 3 is 2.16 bits per heavy atom. The molecule has 4 aromatic rings. The van der Waals surface area contributed by atoms with Crippen molar-refractivity contribution in [3.63, 3.8) is 0 Å². The lowest BCUT2D eigenvalue weighted by atomic mass is 10.1. The molecule has 0 aliphatic carbocycles. The van der Waals surface area contributed by atoms with Crippen LogP contribution in [0.25, 0.3) is 21.8 Å². The molecule has 0 unspecified atom stereocenters. The molecule has 0 radical (unpaired) electrons. The number of hydrogen-bond acceptors (Lipinski definition) is 5. The predicted molar refractivity (Wildman–Crippen MR) is 121 cm³/mol. The standard InChI is InChI=1S/C24H18BrNO5/c25-18-12-22-21(29-9-10-30-22)11-15(18)14-31-23(27)13-26-19-7-3-1-5-16(19)24(28)17-6-2-4-8-20(17)26/h1-8,11-12H,9-10,13-14H2. The van der Waals surface area contributed by atoms with E-state index in [0.717, 1.165) is 10.0 Å². The monoisotopic (exact) mass is 479 g/mol. The molecule has 5 rings (SSSR count). The average molecular weight is 480 g/mol. The zero-order chi connectivity index (χ0) is 21.4. The van der Waals surface area contributed by atoms with E-state index in [4.69, 9.17) is 14.2 Å². The van der Waals surface area contributed by atoms with Gasteiger partial charge in [0.15, 0.2) is 16.9 Å². The number of esters is 1. The van der Waals surface area contributed by atoms with Crippen LogP contribution >= 0.6 is 15.9 Å². The highest BCUT2D eigenvalue weighted by Crippen LogP contribution is 2.35. The summed E-state index contributed by atoms with van der Waals surface area (Å²) in [5.41, 5.74) is 2.13. The van der Waals surface area contributed by atoms with Crippen LogP contribution in [0.4, 0.5) is 0 Å². The fraction of sp³-hybridized carbons (Fsp3) is 0.167. The number of carbonyl (C=O) groups excluding carboxylic acids is 1. The van der Waals surface area contributed by atoms with Crippen molar-refractivity contribution in [2.24, 2.45) is 0 Å². The summed E-state index contributed by atoms with van der Waals surface area (Å²) in [6, 6.07) is 18.2. The predicted octanol–water partition coefficient (Wildman–Crippen LogP) is 4.43. The van der Waals surface area contributed by atoms with Crippen LogP contribution in [0.2, 0.25) is 0 Å². The van der Waals surface area contributed by atoms with E-state index < -0.39 is 5.97 Å². The van der Waals surface area contributed by atoms with Crippen LogP contribution in [0.5, 0.6) is 11.5 Å². The van der Waals surface area contributed by atoms with E-state index in [1.807, 2.05) is 53.1 Å². The molecule has 156 valence electrons. The zero-order valence-corrected chi connectivity index (χ0v) is 18.1. The minimum atomic E-state index is -0.402. The third kappa shape index (κ3) is 3.65. The van der Waals surface area contributed by atoms with Crippen LogP contribution in [-0.4, -0.2) is 23.8 Å². The van der Waals surface area contributed by atoms with Gasteiger partial charge in [0.25, 0.3) is 0 Å². The summed E-state index contributed by atoms with van der Waals surface area (Å²) in [6.07, 6.45) is 0. The van der Waals surface area contributed by atoms with Crippen LogP contribution in [0.1, 0.15) is 5.56 Å². The molecule has 1 aliphatic heterocycles. The van der Waals surface area contributed by atoms with Crippen LogP contribution in [-0.2, 0) is 22.7 Å². The largest absolute Gasteiger partial charge is 0.486 e. The van der Waals surface area contributed by atoms with Crippen LogP contribution < -0.4 is 14.9 Å². The van der Waals surface area contributed by atoms with Crippen molar-refractivity contribution in [1.29, 1.82) is 0 Å². The molecule has 1 aliphatic rings. The third-order valence-electron chi connectivity index (χ3n) is 5.27. The second-order valence-electron chi connectivity index (χ2n) is 7.20. The summed E-state index contributed by atoms with van der Waals surface area (Å²) < 4.78 is 19.3. The van der Waals surface area contributed by atoms with E-state index in [1.165, 1.54) is 0 Å². The fourth-order valence-electron chi connectivity index (χ4n) is 3.80. The topological polar surface area (TPSA) is 66.8 Å². The summed E-state index contributed by atoms with van der Waals surface area (Å²) in [5, 5.41) is 1.15. The van der Waals surface area contributed by atoms with Crippen molar-refractivity contribution in [2.45, 2.75) is 13.2 Å². The Kier molecular flexibility index (Phi) is 5.11. The van der Waals surface area contributed by atoms with Gasteiger partial charge in [0, 0.05) is 20.8 Å². The number of hydrogen-bond donors (Lipinski definition) is 0. The third-order valence-corrected chi connectivity index (χ3v) is 6.00. The van der Waals surface area contributed by atoms with E-state index in [0.29, 0.717) is 46.5 Å². The Morgan fingerprint density at radius 2 is 1.52 bits per heavy atom. The number of rotatable bonds is 4. The van der Waals surface area contributed by atoms with Gasteiger partial charge in [-0.15, -0.1) is 0 Å². The van der Waals surface area contributed by atoms with Crippen molar-refractivity contribution in [2.75, 3.05) is 13.2 Å². The molecule has 0 saturated carbocycles. The molecule has 6 nitrogen and oxygen atoms in total. The highest BCUT2D eigenvalue weighted by Gasteiger charge is 2.17. The number of carbonyl (C=O) groups is 1. The summed E-state index contributed by atoms with van der Waals surface area (Å²) in [4.78, 5) is 25.6. The van der Waals surface area contributed by atoms with Gasteiger partial charge in [0.2, 0.25) is 0 Å². The highest BCUT2D eigenvalue weighted by atomic mass is 79.9. The van der Waals surface area contributed by atoms with Gasteiger partial charge >= 0.3 is 5.97 Å². The van der Waals surface area contributed by atoms with E-state index in [2.05, 4.69) is 15.9 Å². The maximum Gasteiger partial charge on any atom is 0.326 e. The molecule has 3 aromatic carbocycles. The first kappa shape index (κ1) is 19.6. The smallest absolute Gasteiger partial charge is 0.326 e. The second-order valence-corrected chi connectivity index (χ2v) is 8.05. The lowest BCUT2D eigenvalue weighted by Crippen LogP contribution is -2.18. The maximum absolute atomic E-state index is 12.8. The molecule has 31 heavy (non-hydrogen) atoms. The van der Waals surface area contributed by atoms with Crippen molar-refractivity contribution in [3.05, 3.63) is 80.9 Å². The number of aromatic nitrogens is 1. The minimum absolute atomic E-state index is 0.0104. The highest BCUT2D eigenvalue weighted by molar-refractivity contribution is 9.10. The number of fused-ring (bicyclic) bond motifs is 3. The summed E-state index contributed by atoms with van der Waals surface area (Å²) in [6.45, 7) is 1.07. The Balaban J connectivity index is 1.43. The molecule has 0 atom stereocenters. The Labute approximate surface area is 186 Å². The molecule has 0 N–H and O–H groups in total. The van der Waals surface area contributed by atoms with Gasteiger partial charge in [0.05, 0.1) is 11.0 Å². The molecule has 0 bridgehead atoms. The first-order valence-electron chi connectivity index (χ1n) is 9.86. The van der Waals surface area contributed by atoms with Gasteiger partial charge in [-0.25, -0.2) is 0 Å². The normalized spacial score (nSPS) is 12.8. The Hall–Kier alpha value is -3.32. The zero-order valence-electron chi connectivity index (χ0n) is 16.5. The quantitative estimate of drug-likeness (QED) is 0.320. The molecule has 1 aromatic heterocycles. The molecular weight excluding hydrogens is 462 g/mol. The first-order chi connectivity index (χ1) is 15.1. The Morgan fingerprint density at radius 1 is 0.935 bits per heavy atom. The molecule has 0 amide bonds. The van der Waals surface area contributed by atoms with Gasteiger partial charge < -0.3 is 18.8 Å². The van der Waals surface area contributed by atoms with Crippen molar-refractivity contribution in [1.82, 2.24) is 4.57 Å². The SMILES string of the molecule is O=C(Cn1c2ccccc2c(=O)c2ccccc21)OCc1cc2c(cc1Br)OCCO2. The van der Waals surface area contributed by atoms with Crippen LogP contribution in [0, 0.1) is 0 Å². The molecule has 0 fully saturated rings. The number of pyridine rings is 1. The van der Waals surface area contributed by atoms with E-state index in [1.54, 1.807) is 12.1 Å². The van der Waals surface area contributed by atoms with E-state index in [-0.39, 0.29) is 18.6 Å². The van der Waals surface area contributed by atoms with Crippen LogP contribution in [0.15, 0.2) is 69.9 Å². The molecule has 2 heterocycles. The molecule has 0 spiro atoms. The average Bonchev–Trinajstić information content (AvgIpc) is 2.80. The minimum Gasteiger partial charge on any atom is -0.486 e. The van der Waals surface area contributed by atoms with Gasteiger partial charge in [-0.1, -0.05) is 40.2 Å². The van der Waals surface area contributed by atoms with Crippen molar-refractivity contribution >= 4 is 43.7 Å². The van der Waals surface area contributed by atoms with E-state index >= 15 is 0 Å². The summed E-state index contributed by atoms with van der Waals surface area (Å²) >= 11 is 3.50. The van der Waals surface area contributed by atoms with Gasteiger partial charge in [-0.3, -0.25) is 9.59 Å². The number of benzene rings is 3. The van der Waals surface area contributed by atoms with Gasteiger partial charge in [-0.2, -0.15) is 0 Å². The van der Waals surface area contributed by atoms with Crippen molar-refractivity contribution < 1.29 is 19.0 Å². The van der Waals surface area contributed by atoms with E-state index in [9.17, 15) is 9.59 Å². The van der Waals surface area contributed by atoms with Crippen LogP contribution in [0.3, 0.4) is 0 Å². The summed E-state index contributed by atoms with van der Waals surface area (Å²) in [5.74, 6) is 0.901. The maximum atomic E-state index is 12.8. The second kappa shape index (κ2) is 8.07. The molecular formula is C24H18BrNO5.